The molecule has 0 fully saturated rings. The molecule has 0 aliphatic carbocycles. The van der Waals surface area contributed by atoms with Crippen molar-refractivity contribution in [2.75, 3.05) is 11.9 Å². The zero-order valence-corrected chi connectivity index (χ0v) is 16.5. The van der Waals surface area contributed by atoms with Gasteiger partial charge in [-0.1, -0.05) is 23.2 Å². The molecule has 0 radical (unpaired) electrons. The summed E-state index contributed by atoms with van der Waals surface area (Å²) in [6.45, 7) is 3.11. The van der Waals surface area contributed by atoms with E-state index in [1.807, 2.05) is 6.92 Å². The van der Waals surface area contributed by atoms with Crippen LogP contribution in [0.3, 0.4) is 0 Å². The fraction of sp³-hybridized carbons (Fsp3) is 0.250. The molecule has 0 saturated carbocycles. The van der Waals surface area contributed by atoms with Gasteiger partial charge >= 0.3 is 5.97 Å². The van der Waals surface area contributed by atoms with Gasteiger partial charge in [-0.25, -0.2) is 4.98 Å². The molecule has 1 N–H and O–H groups in total. The lowest BCUT2D eigenvalue weighted by Crippen LogP contribution is -2.34. The molecule has 0 bridgehead atoms. The van der Waals surface area contributed by atoms with E-state index in [-0.39, 0.29) is 18.8 Å². The minimum absolute atomic E-state index is 0.128. The molecule has 8 nitrogen and oxygen atoms in total. The number of ether oxygens (including phenoxy) is 1. The maximum atomic E-state index is 12.4. The summed E-state index contributed by atoms with van der Waals surface area (Å²) in [5.74, 6) is -1.89. The summed E-state index contributed by atoms with van der Waals surface area (Å²) in [5.41, 5.74) is 1.50. The number of hydrogen-bond donors (Lipinski definition) is 1. The number of amides is 3. The number of anilines is 1. The highest BCUT2D eigenvalue weighted by atomic mass is 35.5. The van der Waals surface area contributed by atoms with Crippen LogP contribution in [0, 0.1) is 6.92 Å². The van der Waals surface area contributed by atoms with Crippen molar-refractivity contribution in [1.29, 1.82) is 0 Å². The number of fused-ring (bicyclic) bond motifs is 1. The van der Waals surface area contributed by atoms with E-state index >= 15 is 0 Å². The lowest BCUT2D eigenvalue weighted by Gasteiger charge is -2.16. The molecule has 1 aliphatic heterocycles. The lowest BCUT2D eigenvalue weighted by atomic mass is 10.1. The third-order valence-electron chi connectivity index (χ3n) is 4.32. The Balaban J connectivity index is 1.52. The number of nitrogens with zero attached hydrogens (tertiary/aromatic N) is 2. The van der Waals surface area contributed by atoms with Crippen LogP contribution in [-0.2, 0) is 14.3 Å². The second-order valence-corrected chi connectivity index (χ2v) is 6.98. The molecular formula is C20H18ClN3O5. The predicted molar refractivity (Wildman–Crippen MR) is 105 cm³/mol. The molecule has 0 saturated heterocycles. The van der Waals surface area contributed by atoms with Crippen molar-refractivity contribution in [2.45, 2.75) is 26.4 Å². The highest BCUT2D eigenvalue weighted by molar-refractivity contribution is 6.30. The van der Waals surface area contributed by atoms with Crippen LogP contribution in [0.2, 0.25) is 5.02 Å². The van der Waals surface area contributed by atoms with Crippen molar-refractivity contribution in [1.82, 2.24) is 9.88 Å². The molecule has 1 atom stereocenters. The van der Waals surface area contributed by atoms with Crippen LogP contribution >= 0.6 is 11.6 Å². The maximum absolute atomic E-state index is 12.4. The summed E-state index contributed by atoms with van der Waals surface area (Å²) in [4.78, 5) is 53.9. The van der Waals surface area contributed by atoms with E-state index in [4.69, 9.17) is 16.3 Å². The van der Waals surface area contributed by atoms with Crippen molar-refractivity contribution in [2.24, 2.45) is 0 Å². The molecule has 29 heavy (non-hydrogen) atoms. The van der Waals surface area contributed by atoms with E-state index in [0.717, 1.165) is 10.5 Å². The number of imide groups is 1. The number of halogens is 1. The second kappa shape index (κ2) is 8.40. The van der Waals surface area contributed by atoms with Gasteiger partial charge in [-0.2, -0.15) is 0 Å². The molecule has 2 aromatic rings. The first-order valence-electron chi connectivity index (χ1n) is 8.85. The van der Waals surface area contributed by atoms with Crippen molar-refractivity contribution in [3.63, 3.8) is 0 Å². The Labute approximate surface area is 171 Å². The van der Waals surface area contributed by atoms with Crippen LogP contribution in [0.4, 0.5) is 5.82 Å². The number of pyridine rings is 1. The van der Waals surface area contributed by atoms with Gasteiger partial charge in [-0.15, -0.1) is 0 Å². The first kappa shape index (κ1) is 20.5. The van der Waals surface area contributed by atoms with Gasteiger partial charge in [0.25, 0.3) is 17.7 Å². The molecule has 1 aromatic heterocycles. The molecule has 9 heteroatoms. The van der Waals surface area contributed by atoms with Crippen molar-refractivity contribution < 1.29 is 23.9 Å². The van der Waals surface area contributed by atoms with Crippen molar-refractivity contribution >= 4 is 41.1 Å². The predicted octanol–water partition coefficient (Wildman–Crippen LogP) is 2.60. The number of esters is 1. The number of rotatable bonds is 6. The van der Waals surface area contributed by atoms with E-state index < -0.39 is 29.8 Å². The monoisotopic (exact) mass is 415 g/mol. The van der Waals surface area contributed by atoms with E-state index in [0.29, 0.717) is 16.1 Å². The lowest BCUT2D eigenvalue weighted by molar-refractivity contribution is -0.153. The van der Waals surface area contributed by atoms with Crippen LogP contribution in [0.25, 0.3) is 0 Å². The molecule has 1 aliphatic rings. The first-order chi connectivity index (χ1) is 13.8. The van der Waals surface area contributed by atoms with Crippen LogP contribution in [0.1, 0.15) is 39.6 Å². The summed E-state index contributed by atoms with van der Waals surface area (Å²) in [7, 11) is 0. The maximum Gasteiger partial charge on any atom is 0.308 e. The fourth-order valence-corrected chi connectivity index (χ4v) is 2.91. The molecule has 1 aromatic carbocycles. The minimum atomic E-state index is -1.08. The highest BCUT2D eigenvalue weighted by Gasteiger charge is 2.35. The molecule has 3 rings (SSSR count). The number of hydrogen-bond acceptors (Lipinski definition) is 6. The Morgan fingerprint density at radius 2 is 1.90 bits per heavy atom. The molecule has 1 unspecified atom stereocenters. The van der Waals surface area contributed by atoms with Gasteiger partial charge in [0.1, 0.15) is 5.82 Å². The Bertz CT molecular complexity index is 990. The molecule has 0 spiro atoms. The van der Waals surface area contributed by atoms with E-state index in [1.54, 1.807) is 24.3 Å². The Hall–Kier alpha value is -3.26. The number of aromatic nitrogens is 1. The zero-order valence-electron chi connectivity index (χ0n) is 15.8. The van der Waals surface area contributed by atoms with Crippen LogP contribution in [0.15, 0.2) is 36.5 Å². The first-order valence-corrected chi connectivity index (χ1v) is 9.23. The number of carbonyl (C=O) groups excluding carboxylic acids is 4. The highest BCUT2D eigenvalue weighted by Crippen LogP contribution is 2.24. The number of nitrogens with one attached hydrogen (secondary N) is 1. The number of carbonyl (C=O) groups is 4. The van der Waals surface area contributed by atoms with Crippen LogP contribution in [-0.4, -0.2) is 46.2 Å². The molecule has 3 amide bonds. The average Bonchev–Trinajstić information content (AvgIpc) is 2.91. The largest absolute Gasteiger partial charge is 0.452 e. The second-order valence-electron chi connectivity index (χ2n) is 6.54. The smallest absolute Gasteiger partial charge is 0.308 e. The number of benzene rings is 1. The zero-order chi connectivity index (χ0) is 21.1. The van der Waals surface area contributed by atoms with Crippen LogP contribution in [0.5, 0.6) is 0 Å². The molecule has 2 heterocycles. The summed E-state index contributed by atoms with van der Waals surface area (Å²) in [5, 5.41) is 2.92. The average molecular weight is 416 g/mol. The van der Waals surface area contributed by atoms with Gasteiger partial charge in [-0.05, 0) is 38.1 Å². The van der Waals surface area contributed by atoms with Gasteiger partial charge in [0.05, 0.1) is 22.6 Å². The minimum Gasteiger partial charge on any atom is -0.452 e. The Morgan fingerprint density at radius 1 is 1.17 bits per heavy atom. The van der Waals surface area contributed by atoms with Gasteiger partial charge in [0.2, 0.25) is 0 Å². The van der Waals surface area contributed by atoms with Crippen molar-refractivity contribution in [3.05, 3.63) is 58.2 Å². The SMILES string of the molecule is Cc1ccc2c(c1)C(=O)N(CCC(=O)OC(C)C(=O)Nc1ccc(Cl)cn1)C2=O. The quantitative estimate of drug-likeness (QED) is 0.574. The fourth-order valence-electron chi connectivity index (χ4n) is 2.80. The summed E-state index contributed by atoms with van der Waals surface area (Å²) in [6, 6.07) is 8.06. The third-order valence-corrected chi connectivity index (χ3v) is 4.55. The normalized spacial score (nSPS) is 13.8. The summed E-state index contributed by atoms with van der Waals surface area (Å²) < 4.78 is 5.08. The summed E-state index contributed by atoms with van der Waals surface area (Å²) in [6.07, 6.45) is 0.0726. The Kier molecular flexibility index (Phi) is 5.93. The van der Waals surface area contributed by atoms with E-state index in [9.17, 15) is 19.2 Å². The topological polar surface area (TPSA) is 106 Å². The summed E-state index contributed by atoms with van der Waals surface area (Å²) >= 11 is 5.73. The molecule has 150 valence electrons. The van der Waals surface area contributed by atoms with E-state index in [2.05, 4.69) is 10.3 Å². The standard InChI is InChI=1S/C20H18ClN3O5/c1-11-3-5-14-15(9-11)20(28)24(19(14)27)8-7-17(25)29-12(2)18(26)23-16-6-4-13(21)10-22-16/h3-6,9-10,12H,7-8H2,1-2H3,(H,22,23,26). The van der Waals surface area contributed by atoms with Crippen LogP contribution < -0.4 is 5.32 Å². The van der Waals surface area contributed by atoms with E-state index in [1.165, 1.54) is 19.2 Å². The van der Waals surface area contributed by atoms with Gasteiger partial charge in [-0.3, -0.25) is 24.1 Å². The third kappa shape index (κ3) is 4.60. The number of aryl methyl sites for hydroxylation is 1. The van der Waals surface area contributed by atoms with Gasteiger partial charge in [0.15, 0.2) is 6.10 Å². The van der Waals surface area contributed by atoms with Gasteiger partial charge < -0.3 is 10.1 Å². The molecular weight excluding hydrogens is 398 g/mol. The Morgan fingerprint density at radius 3 is 2.59 bits per heavy atom. The van der Waals surface area contributed by atoms with Gasteiger partial charge in [0, 0.05) is 12.7 Å². The van der Waals surface area contributed by atoms with Crippen molar-refractivity contribution in [3.8, 4) is 0 Å².